The van der Waals surface area contributed by atoms with Crippen LogP contribution < -0.4 is 0 Å². The fourth-order valence-corrected chi connectivity index (χ4v) is 6.56. The molecule has 0 atom stereocenters. The molecule has 1 aliphatic carbocycles. The second-order valence-corrected chi connectivity index (χ2v) is 11.0. The maximum atomic E-state index is 4.10. The van der Waals surface area contributed by atoms with Gasteiger partial charge >= 0.3 is 0 Å². The minimum Gasteiger partial charge on any atom is -0.0761 e. The lowest BCUT2D eigenvalue weighted by Gasteiger charge is -2.38. The molecule has 6 rings (SSSR count). The lowest BCUT2D eigenvalue weighted by Crippen LogP contribution is -2.33. The van der Waals surface area contributed by atoms with Crippen LogP contribution in [0.3, 0.4) is 0 Å². The standard InChI is InChI=1S/C40H31Br/c41-39(33-22-10-3-11-23-33)38(32-20-8-2-9-21-32)37(31-18-6-1-7-19-31)30-40(36-28-16-17-29-36,34-24-12-4-13-25-34)35-26-14-5-15-27-35/h1-30,36H. The minimum atomic E-state index is -0.457. The first kappa shape index (κ1) is 26.7. The van der Waals surface area contributed by atoms with Gasteiger partial charge in [-0.3, -0.25) is 0 Å². The number of hydrogen-bond donors (Lipinski definition) is 0. The normalized spacial score (nSPS) is 14.2. The monoisotopic (exact) mass is 590 g/mol. The van der Waals surface area contributed by atoms with Crippen molar-refractivity contribution < 1.29 is 0 Å². The highest BCUT2D eigenvalue weighted by atomic mass is 79.9. The van der Waals surface area contributed by atoms with Crippen LogP contribution in [0.2, 0.25) is 0 Å². The molecule has 1 heteroatoms. The molecule has 0 unspecified atom stereocenters. The van der Waals surface area contributed by atoms with Gasteiger partial charge in [0.25, 0.3) is 0 Å². The third-order valence-corrected chi connectivity index (χ3v) is 8.67. The topological polar surface area (TPSA) is 0 Å². The van der Waals surface area contributed by atoms with Crippen LogP contribution in [0.5, 0.6) is 0 Å². The van der Waals surface area contributed by atoms with Crippen molar-refractivity contribution in [3.63, 3.8) is 0 Å². The number of rotatable bonds is 8. The van der Waals surface area contributed by atoms with Gasteiger partial charge in [0.15, 0.2) is 0 Å². The summed E-state index contributed by atoms with van der Waals surface area (Å²) in [5, 5.41) is 0. The van der Waals surface area contributed by atoms with Gasteiger partial charge in [-0.25, -0.2) is 0 Å². The van der Waals surface area contributed by atoms with E-state index in [0.29, 0.717) is 0 Å². The highest BCUT2D eigenvalue weighted by Crippen LogP contribution is 2.49. The smallest absolute Gasteiger partial charge is 0.0488 e. The van der Waals surface area contributed by atoms with Crippen molar-refractivity contribution in [2.24, 2.45) is 5.92 Å². The van der Waals surface area contributed by atoms with Crippen molar-refractivity contribution in [1.29, 1.82) is 0 Å². The molecule has 0 heterocycles. The summed E-state index contributed by atoms with van der Waals surface area (Å²) >= 11 is 4.10. The Kier molecular flexibility index (Phi) is 8.07. The fourth-order valence-electron chi connectivity index (χ4n) is 5.86. The van der Waals surface area contributed by atoms with Gasteiger partial charge in [-0.1, -0.05) is 182 Å². The zero-order valence-electron chi connectivity index (χ0n) is 22.8. The molecule has 0 fully saturated rings. The molecule has 41 heavy (non-hydrogen) atoms. The molecular weight excluding hydrogens is 560 g/mol. The third-order valence-electron chi connectivity index (χ3n) is 7.81. The summed E-state index contributed by atoms with van der Waals surface area (Å²) in [6.45, 7) is 0. The molecule has 0 amide bonds. The molecule has 0 N–H and O–H groups in total. The first-order chi connectivity index (χ1) is 20.3. The van der Waals surface area contributed by atoms with Crippen molar-refractivity contribution >= 4 is 31.6 Å². The molecule has 0 aromatic heterocycles. The molecule has 5 aromatic carbocycles. The van der Waals surface area contributed by atoms with E-state index in [2.05, 4.69) is 198 Å². The highest BCUT2D eigenvalue weighted by Gasteiger charge is 2.39. The van der Waals surface area contributed by atoms with Crippen LogP contribution in [0.25, 0.3) is 15.6 Å². The number of benzene rings is 5. The summed E-state index contributed by atoms with van der Waals surface area (Å²) in [5.41, 5.74) is 7.85. The summed E-state index contributed by atoms with van der Waals surface area (Å²) < 4.78 is 1.06. The van der Waals surface area contributed by atoms with Crippen LogP contribution in [-0.2, 0) is 5.41 Å². The van der Waals surface area contributed by atoms with Crippen molar-refractivity contribution in [3.8, 4) is 0 Å². The van der Waals surface area contributed by atoms with Crippen LogP contribution in [0.4, 0.5) is 0 Å². The molecule has 5 aromatic rings. The third kappa shape index (κ3) is 5.46. The first-order valence-corrected chi connectivity index (χ1v) is 14.8. The average Bonchev–Trinajstić information content (AvgIpc) is 3.61. The van der Waals surface area contributed by atoms with E-state index >= 15 is 0 Å². The Balaban J connectivity index is 1.75. The molecular formula is C40H31Br. The van der Waals surface area contributed by atoms with Crippen LogP contribution in [-0.4, -0.2) is 0 Å². The maximum absolute atomic E-state index is 4.10. The van der Waals surface area contributed by atoms with E-state index in [1.54, 1.807) is 0 Å². The van der Waals surface area contributed by atoms with Gasteiger partial charge in [0.1, 0.15) is 0 Å². The van der Waals surface area contributed by atoms with E-state index in [0.717, 1.165) is 21.2 Å². The Hall–Kier alpha value is -4.46. The van der Waals surface area contributed by atoms with Crippen molar-refractivity contribution in [2.75, 3.05) is 0 Å². The summed E-state index contributed by atoms with van der Waals surface area (Å²) in [4.78, 5) is 0. The Morgan fingerprint density at radius 2 is 0.878 bits per heavy atom. The first-order valence-electron chi connectivity index (χ1n) is 14.0. The van der Waals surface area contributed by atoms with Gasteiger partial charge < -0.3 is 0 Å². The summed E-state index contributed by atoms with van der Waals surface area (Å²) in [6, 6.07) is 54.0. The summed E-state index contributed by atoms with van der Waals surface area (Å²) in [6.07, 6.45) is 11.5. The zero-order valence-corrected chi connectivity index (χ0v) is 24.4. The van der Waals surface area contributed by atoms with E-state index in [1.165, 1.54) is 22.3 Å². The van der Waals surface area contributed by atoms with Gasteiger partial charge in [0, 0.05) is 21.4 Å². The van der Waals surface area contributed by atoms with E-state index in [-0.39, 0.29) is 5.92 Å². The van der Waals surface area contributed by atoms with Crippen LogP contribution in [0.1, 0.15) is 27.8 Å². The van der Waals surface area contributed by atoms with Crippen LogP contribution in [0, 0.1) is 5.92 Å². The van der Waals surface area contributed by atoms with Crippen LogP contribution in [0.15, 0.2) is 182 Å². The van der Waals surface area contributed by atoms with Gasteiger partial charge in [0.05, 0.1) is 0 Å². The average molecular weight is 592 g/mol. The highest BCUT2D eigenvalue weighted by molar-refractivity contribution is 9.15. The number of hydrogen-bond acceptors (Lipinski definition) is 0. The van der Waals surface area contributed by atoms with E-state index in [9.17, 15) is 0 Å². The molecule has 0 nitrogen and oxygen atoms in total. The molecule has 0 aliphatic heterocycles. The molecule has 198 valence electrons. The number of halogens is 1. The van der Waals surface area contributed by atoms with Crippen molar-refractivity contribution in [2.45, 2.75) is 5.41 Å². The Bertz CT molecular complexity index is 1640. The molecule has 1 aliphatic rings. The maximum Gasteiger partial charge on any atom is 0.0488 e. The SMILES string of the molecule is BrC(=C(C(=CC(c1ccccc1)(c1ccccc1)C1C=CC=C1)c1ccccc1)c1ccccc1)c1ccccc1. The second-order valence-electron chi connectivity index (χ2n) is 10.2. The Morgan fingerprint density at radius 3 is 1.34 bits per heavy atom. The van der Waals surface area contributed by atoms with Crippen molar-refractivity contribution in [1.82, 2.24) is 0 Å². The molecule has 0 bridgehead atoms. The van der Waals surface area contributed by atoms with Gasteiger partial charge in [-0.2, -0.15) is 0 Å². The predicted molar refractivity (Wildman–Crippen MR) is 178 cm³/mol. The van der Waals surface area contributed by atoms with Crippen molar-refractivity contribution in [3.05, 3.63) is 210 Å². The van der Waals surface area contributed by atoms with E-state index in [1.807, 2.05) is 0 Å². The van der Waals surface area contributed by atoms with Gasteiger partial charge in [-0.15, -0.1) is 0 Å². The predicted octanol–water partition coefficient (Wildman–Crippen LogP) is 10.8. The lowest BCUT2D eigenvalue weighted by atomic mass is 9.64. The summed E-state index contributed by atoms with van der Waals surface area (Å²) in [5.74, 6) is 0.138. The molecule has 0 radical (unpaired) electrons. The van der Waals surface area contributed by atoms with Gasteiger partial charge in [-0.05, 0) is 49.3 Å². The molecule has 0 saturated carbocycles. The molecule has 0 saturated heterocycles. The minimum absolute atomic E-state index is 0.138. The molecule has 0 spiro atoms. The van der Waals surface area contributed by atoms with Gasteiger partial charge in [0.2, 0.25) is 0 Å². The quantitative estimate of drug-likeness (QED) is 0.124. The van der Waals surface area contributed by atoms with Crippen LogP contribution >= 0.6 is 15.9 Å². The lowest BCUT2D eigenvalue weighted by molar-refractivity contribution is 0.550. The van der Waals surface area contributed by atoms with E-state index < -0.39 is 5.41 Å². The Morgan fingerprint density at radius 1 is 0.488 bits per heavy atom. The largest absolute Gasteiger partial charge is 0.0761 e. The Labute approximate surface area is 251 Å². The zero-order chi connectivity index (χ0) is 27.9. The fraction of sp³-hybridized carbons (Fsp3) is 0.0500. The summed E-state index contributed by atoms with van der Waals surface area (Å²) in [7, 11) is 0. The van der Waals surface area contributed by atoms with E-state index in [4.69, 9.17) is 0 Å². The number of allylic oxidation sites excluding steroid dienone is 7. The second kappa shape index (κ2) is 12.4.